The molecule has 3 N–H and O–H groups in total. The second kappa shape index (κ2) is 8.27. The Labute approximate surface area is 106 Å². The molecule has 1 aromatic heterocycles. The van der Waals surface area contributed by atoms with Crippen molar-refractivity contribution in [3.63, 3.8) is 0 Å². The highest BCUT2D eigenvalue weighted by molar-refractivity contribution is 7.98. The first-order valence-corrected chi connectivity index (χ1v) is 6.83. The number of hydrogen-bond acceptors (Lipinski definition) is 6. The normalized spacial score (nSPS) is 12.4. The van der Waals surface area contributed by atoms with Crippen LogP contribution >= 0.6 is 11.8 Å². The lowest BCUT2D eigenvalue weighted by atomic mass is 10.4. The molecule has 0 amide bonds. The lowest BCUT2D eigenvalue weighted by molar-refractivity contribution is 0.113. The van der Waals surface area contributed by atoms with E-state index >= 15 is 0 Å². The molecular formula is C11H19N3O2S. The van der Waals surface area contributed by atoms with Gasteiger partial charge in [0.15, 0.2) is 0 Å². The summed E-state index contributed by atoms with van der Waals surface area (Å²) in [5.41, 5.74) is 0.877. The molecule has 1 rings (SSSR count). The van der Waals surface area contributed by atoms with Crippen molar-refractivity contribution in [2.24, 2.45) is 0 Å². The van der Waals surface area contributed by atoms with Crippen molar-refractivity contribution >= 4 is 17.6 Å². The molecule has 17 heavy (non-hydrogen) atoms. The zero-order valence-electron chi connectivity index (χ0n) is 9.96. The molecule has 1 aromatic rings. The number of aliphatic hydroxyl groups excluding tert-OH is 2. The third-order valence-electron chi connectivity index (χ3n) is 2.03. The van der Waals surface area contributed by atoms with Gasteiger partial charge >= 0.3 is 0 Å². The monoisotopic (exact) mass is 257 g/mol. The van der Waals surface area contributed by atoms with E-state index in [4.69, 9.17) is 10.2 Å². The molecule has 0 aliphatic heterocycles. The van der Waals surface area contributed by atoms with Crippen molar-refractivity contribution < 1.29 is 10.2 Å². The van der Waals surface area contributed by atoms with Crippen molar-refractivity contribution in [3.05, 3.63) is 18.1 Å². The first-order valence-electron chi connectivity index (χ1n) is 5.67. The van der Waals surface area contributed by atoms with Crippen LogP contribution in [-0.2, 0) is 5.75 Å². The smallest absolute Gasteiger partial charge is 0.144 e. The van der Waals surface area contributed by atoms with Crippen LogP contribution in [-0.4, -0.2) is 45.2 Å². The van der Waals surface area contributed by atoms with Gasteiger partial charge in [0.05, 0.1) is 30.8 Å². The Kier molecular flexibility index (Phi) is 6.91. The van der Waals surface area contributed by atoms with Crippen LogP contribution in [0.25, 0.3) is 0 Å². The van der Waals surface area contributed by atoms with E-state index in [2.05, 4.69) is 22.2 Å². The minimum Gasteiger partial charge on any atom is -0.394 e. The van der Waals surface area contributed by atoms with E-state index < -0.39 is 6.10 Å². The summed E-state index contributed by atoms with van der Waals surface area (Å²) < 4.78 is 0. The van der Waals surface area contributed by atoms with Gasteiger partial charge in [0.1, 0.15) is 5.82 Å². The van der Waals surface area contributed by atoms with Crippen molar-refractivity contribution in [1.29, 1.82) is 0 Å². The number of thioether (sulfide) groups is 1. The van der Waals surface area contributed by atoms with E-state index in [1.807, 2.05) is 0 Å². The summed E-state index contributed by atoms with van der Waals surface area (Å²) in [6.45, 7) is 2.79. The van der Waals surface area contributed by atoms with E-state index in [1.54, 1.807) is 12.4 Å². The Morgan fingerprint density at radius 3 is 2.82 bits per heavy atom. The fourth-order valence-corrected chi connectivity index (χ4v) is 1.98. The fraction of sp³-hybridized carbons (Fsp3) is 0.636. The Hall–Kier alpha value is -0.850. The summed E-state index contributed by atoms with van der Waals surface area (Å²) in [7, 11) is 0. The number of hydrogen-bond donors (Lipinski definition) is 3. The predicted octanol–water partition coefficient (Wildman–Crippen LogP) is 0.885. The molecule has 6 heteroatoms. The summed E-state index contributed by atoms with van der Waals surface area (Å²) in [5.74, 6) is 1.99. The number of nitrogens with zero attached hydrogens (tertiary/aromatic N) is 2. The Bertz CT molecular complexity index is 308. The molecule has 0 saturated heterocycles. The first-order chi connectivity index (χ1) is 8.26. The van der Waals surface area contributed by atoms with Gasteiger partial charge in [-0.3, -0.25) is 4.98 Å². The third kappa shape index (κ3) is 5.86. The Balaban J connectivity index is 2.30. The average Bonchev–Trinajstić information content (AvgIpc) is 2.37. The van der Waals surface area contributed by atoms with Crippen molar-refractivity contribution in [2.45, 2.75) is 25.2 Å². The van der Waals surface area contributed by atoms with Crippen LogP contribution in [0.3, 0.4) is 0 Å². The summed E-state index contributed by atoms with van der Waals surface area (Å²) in [6, 6.07) is 0. The molecule has 0 saturated carbocycles. The molecule has 0 fully saturated rings. The standard InChI is InChI=1S/C11H19N3O2S/c1-2-3-12-11-5-13-9(4-14-11)7-17-8-10(16)6-15/h4-5,10,15-16H,2-3,6-8H2,1H3,(H,12,14). The van der Waals surface area contributed by atoms with E-state index in [-0.39, 0.29) is 6.61 Å². The van der Waals surface area contributed by atoms with Crippen LogP contribution in [0.1, 0.15) is 19.0 Å². The van der Waals surface area contributed by atoms with Gasteiger partial charge in [0.2, 0.25) is 0 Å². The first kappa shape index (κ1) is 14.2. The van der Waals surface area contributed by atoms with Gasteiger partial charge in [-0.25, -0.2) is 4.98 Å². The highest BCUT2D eigenvalue weighted by Gasteiger charge is 2.03. The Morgan fingerprint density at radius 2 is 2.24 bits per heavy atom. The van der Waals surface area contributed by atoms with Crippen molar-refractivity contribution in [1.82, 2.24) is 9.97 Å². The number of rotatable bonds is 8. The van der Waals surface area contributed by atoms with E-state index in [0.29, 0.717) is 11.5 Å². The molecule has 5 nitrogen and oxygen atoms in total. The van der Waals surface area contributed by atoms with Gasteiger partial charge in [-0.1, -0.05) is 6.92 Å². The number of anilines is 1. The summed E-state index contributed by atoms with van der Waals surface area (Å²) in [6.07, 6.45) is 3.85. The van der Waals surface area contributed by atoms with Gasteiger partial charge in [-0.05, 0) is 6.42 Å². The van der Waals surface area contributed by atoms with E-state index in [1.165, 1.54) is 11.8 Å². The molecule has 0 aliphatic rings. The topological polar surface area (TPSA) is 78.3 Å². The summed E-state index contributed by atoms with van der Waals surface area (Å²) in [4.78, 5) is 8.50. The highest BCUT2D eigenvalue weighted by atomic mass is 32.2. The van der Waals surface area contributed by atoms with Gasteiger partial charge in [0.25, 0.3) is 0 Å². The van der Waals surface area contributed by atoms with Crippen molar-refractivity contribution in [2.75, 3.05) is 24.2 Å². The number of nitrogens with one attached hydrogen (secondary N) is 1. The average molecular weight is 257 g/mol. The van der Waals surface area contributed by atoms with Crippen molar-refractivity contribution in [3.8, 4) is 0 Å². The molecule has 0 radical (unpaired) electrons. The van der Waals surface area contributed by atoms with Gasteiger partial charge in [-0.2, -0.15) is 11.8 Å². The maximum atomic E-state index is 9.16. The minimum absolute atomic E-state index is 0.196. The Morgan fingerprint density at radius 1 is 1.41 bits per heavy atom. The van der Waals surface area contributed by atoms with Crippen LogP contribution in [0, 0.1) is 0 Å². The molecule has 96 valence electrons. The van der Waals surface area contributed by atoms with Gasteiger partial charge in [0, 0.05) is 18.1 Å². The lowest BCUT2D eigenvalue weighted by Crippen LogP contribution is -2.14. The van der Waals surface area contributed by atoms with Gasteiger partial charge < -0.3 is 15.5 Å². The number of aliphatic hydroxyl groups is 2. The highest BCUT2D eigenvalue weighted by Crippen LogP contribution is 2.11. The summed E-state index contributed by atoms with van der Waals surface area (Å²) in [5, 5.41) is 21.0. The second-order valence-corrected chi connectivity index (χ2v) is 4.70. The second-order valence-electron chi connectivity index (χ2n) is 3.67. The van der Waals surface area contributed by atoms with Gasteiger partial charge in [-0.15, -0.1) is 0 Å². The molecule has 0 aliphatic carbocycles. The quantitative estimate of drug-likeness (QED) is 0.642. The SMILES string of the molecule is CCCNc1cnc(CSCC(O)CO)cn1. The van der Waals surface area contributed by atoms with Crippen LogP contribution < -0.4 is 5.32 Å². The maximum Gasteiger partial charge on any atom is 0.144 e. The third-order valence-corrected chi connectivity index (χ3v) is 3.15. The van der Waals surface area contributed by atoms with Crippen LogP contribution in [0.5, 0.6) is 0 Å². The van der Waals surface area contributed by atoms with E-state index in [9.17, 15) is 0 Å². The molecule has 0 spiro atoms. The zero-order chi connectivity index (χ0) is 12.5. The van der Waals surface area contributed by atoms with Crippen LogP contribution in [0.4, 0.5) is 5.82 Å². The molecule has 1 heterocycles. The molecule has 0 aromatic carbocycles. The molecule has 1 unspecified atom stereocenters. The lowest BCUT2D eigenvalue weighted by Gasteiger charge is -2.06. The van der Waals surface area contributed by atoms with E-state index in [0.717, 1.165) is 24.5 Å². The molecule has 1 atom stereocenters. The summed E-state index contributed by atoms with van der Waals surface area (Å²) >= 11 is 1.53. The predicted molar refractivity (Wildman–Crippen MR) is 70.1 cm³/mol. The van der Waals surface area contributed by atoms with Crippen LogP contribution in [0.15, 0.2) is 12.4 Å². The van der Waals surface area contributed by atoms with Crippen LogP contribution in [0.2, 0.25) is 0 Å². The zero-order valence-corrected chi connectivity index (χ0v) is 10.8. The largest absolute Gasteiger partial charge is 0.394 e. The maximum absolute atomic E-state index is 9.16. The minimum atomic E-state index is -0.654. The molecule has 0 bridgehead atoms. The molecular weight excluding hydrogens is 238 g/mol. The fourth-order valence-electron chi connectivity index (χ4n) is 1.13. The number of aromatic nitrogens is 2.